The van der Waals surface area contributed by atoms with Crippen molar-refractivity contribution in [3.63, 3.8) is 0 Å². The molecule has 0 amide bonds. The van der Waals surface area contributed by atoms with Crippen molar-refractivity contribution in [3.8, 4) is 11.3 Å². The number of hydrogen-bond donors (Lipinski definition) is 0. The van der Waals surface area contributed by atoms with Crippen LogP contribution in [0.25, 0.3) is 17.3 Å². The Kier molecular flexibility index (Phi) is 8.95. The van der Waals surface area contributed by atoms with Crippen molar-refractivity contribution >= 4 is 28.0 Å². The van der Waals surface area contributed by atoms with E-state index < -0.39 is 39.8 Å². The predicted molar refractivity (Wildman–Crippen MR) is 140 cm³/mol. The third kappa shape index (κ3) is 6.95. The van der Waals surface area contributed by atoms with Crippen LogP contribution in [0.15, 0.2) is 30.3 Å². The van der Waals surface area contributed by atoms with Crippen LogP contribution in [0.2, 0.25) is 0 Å². The Labute approximate surface area is 224 Å². The Morgan fingerprint density at radius 1 is 1.29 bits per heavy atom. The number of nitrogens with zero attached hydrogens (tertiary/aromatic N) is 3. The van der Waals surface area contributed by atoms with E-state index in [-0.39, 0.29) is 18.3 Å². The number of anilines is 1. The van der Waals surface area contributed by atoms with E-state index in [1.165, 1.54) is 19.2 Å². The number of hydrogen-bond acceptors (Lipinski definition) is 7. The number of carbonyl (C=O) groups is 1. The van der Waals surface area contributed by atoms with E-state index in [0.717, 1.165) is 16.1 Å². The Hall–Kier alpha value is -2.89. The maximum absolute atomic E-state index is 13.9. The molecule has 2 aromatic rings. The van der Waals surface area contributed by atoms with E-state index in [2.05, 4.69) is 0 Å². The van der Waals surface area contributed by atoms with Crippen molar-refractivity contribution in [3.05, 3.63) is 47.4 Å². The molecule has 1 fully saturated rings. The molecule has 9 nitrogen and oxygen atoms in total. The number of rotatable bonds is 9. The predicted octanol–water partition coefficient (Wildman–Crippen LogP) is 2.78. The lowest BCUT2D eigenvalue weighted by Crippen LogP contribution is -2.46. The van der Waals surface area contributed by atoms with Crippen molar-refractivity contribution in [2.24, 2.45) is 0 Å². The zero-order valence-electron chi connectivity index (χ0n) is 22.9. The molecular weight excluding hydrogens is 513 g/mol. The summed E-state index contributed by atoms with van der Waals surface area (Å²) in [5.74, 6) is -2.44. The Morgan fingerprint density at radius 3 is 2.45 bits per heavy atom. The van der Waals surface area contributed by atoms with Crippen LogP contribution < -0.4 is 14.0 Å². The molecule has 0 unspecified atom stereocenters. The zero-order valence-corrected chi connectivity index (χ0v) is 23.7. The summed E-state index contributed by atoms with van der Waals surface area (Å²) in [6, 6.07) is 6.00. The van der Waals surface area contributed by atoms with Crippen molar-refractivity contribution in [2.75, 3.05) is 17.6 Å². The van der Waals surface area contributed by atoms with Gasteiger partial charge in [-0.1, -0.05) is 24.9 Å². The first-order valence-electron chi connectivity index (χ1n) is 12.5. The summed E-state index contributed by atoms with van der Waals surface area (Å²) in [6.45, 7) is 9.63. The van der Waals surface area contributed by atoms with Gasteiger partial charge in [0.2, 0.25) is 0 Å². The first-order chi connectivity index (χ1) is 17.6. The van der Waals surface area contributed by atoms with E-state index in [1.54, 1.807) is 30.5 Å². The average Bonchev–Trinajstić information content (AvgIpc) is 2.79. The lowest BCUT2D eigenvalue weighted by Gasteiger charge is -2.40. The number of aromatic nitrogens is 2. The molecular formula is C27H36FN3O6S. The number of aliphatic carboxylic acids is 1. The quantitative estimate of drug-likeness (QED) is 0.442. The molecule has 1 aliphatic rings. The van der Waals surface area contributed by atoms with Crippen LogP contribution in [0.1, 0.15) is 64.6 Å². The van der Waals surface area contributed by atoms with Crippen LogP contribution in [0.3, 0.4) is 0 Å². The Morgan fingerprint density at radius 2 is 1.92 bits per heavy atom. The lowest BCUT2D eigenvalue weighted by atomic mass is 9.96. The zero-order chi connectivity index (χ0) is 28.4. The van der Waals surface area contributed by atoms with Crippen molar-refractivity contribution in [1.82, 2.24) is 4.98 Å². The van der Waals surface area contributed by atoms with Gasteiger partial charge in [-0.15, -0.1) is 0 Å². The van der Waals surface area contributed by atoms with Crippen molar-refractivity contribution < 1.29 is 36.8 Å². The topological polar surface area (TPSA) is 113 Å². The molecule has 0 aliphatic carbocycles. The van der Waals surface area contributed by atoms with Crippen LogP contribution in [-0.4, -0.2) is 50.7 Å². The van der Waals surface area contributed by atoms with Gasteiger partial charge in [0.05, 0.1) is 37.6 Å². The maximum atomic E-state index is 13.9. The summed E-state index contributed by atoms with van der Waals surface area (Å²) in [7, 11) is -2.17. The van der Waals surface area contributed by atoms with E-state index in [4.69, 9.17) is 14.5 Å². The van der Waals surface area contributed by atoms with Crippen molar-refractivity contribution in [1.29, 1.82) is 0 Å². The van der Waals surface area contributed by atoms with Crippen LogP contribution >= 0.6 is 0 Å². The summed E-state index contributed by atoms with van der Waals surface area (Å²) in [6.07, 6.45) is 3.83. The Bertz CT molecular complexity index is 1310. The molecule has 1 aromatic heterocycles. The number of ether oxygens (including phenoxy) is 2. The molecule has 0 N–H and O–H groups in total. The number of halogens is 1. The minimum atomic E-state index is -3.62. The SMILES string of the molecule is CC[n+]1c(N(C)S(C)(=O)=O)nc(C(C)C)c(/C=C/[C@@H]2C[C@H](CC(=O)[O-])OC(C)(C)O2)c1-c1ccc(F)cc1. The number of sulfonamides is 1. The second kappa shape index (κ2) is 11.5. The highest BCUT2D eigenvalue weighted by Gasteiger charge is 2.36. The first kappa shape index (κ1) is 29.7. The van der Waals surface area contributed by atoms with Crippen molar-refractivity contribution in [2.45, 2.75) is 77.9 Å². The summed E-state index contributed by atoms with van der Waals surface area (Å²) in [4.78, 5) is 16.0. The minimum Gasteiger partial charge on any atom is -0.550 e. The molecule has 0 spiro atoms. The first-order valence-corrected chi connectivity index (χ1v) is 14.4. The largest absolute Gasteiger partial charge is 0.550 e. The highest BCUT2D eigenvalue weighted by molar-refractivity contribution is 7.92. The van der Waals surface area contributed by atoms with Crippen LogP contribution in [0.5, 0.6) is 0 Å². The third-order valence-electron chi connectivity index (χ3n) is 6.28. The maximum Gasteiger partial charge on any atom is 0.409 e. The highest BCUT2D eigenvalue weighted by Crippen LogP contribution is 2.33. The molecule has 0 saturated carbocycles. The number of carbonyl (C=O) groups excluding carboxylic acids is 1. The van der Waals surface area contributed by atoms with Gasteiger partial charge < -0.3 is 19.4 Å². The molecule has 3 rings (SSSR count). The third-order valence-corrected chi connectivity index (χ3v) is 7.43. The summed E-state index contributed by atoms with van der Waals surface area (Å²) in [5, 5.41) is 11.2. The standard InChI is InChI=1S/C27H36FN3O6S/c1-8-31-25(18-9-11-19(28)12-10-18)22(24(17(2)3)29-26(31)30(6)38(7,34)35)14-13-20-15-21(16-23(32)33)37-27(4,5)36-20/h9-14,17,20-21H,8,15-16H2,1-7H3/b14-13+/t20-,21-/m1/s1. The molecule has 38 heavy (non-hydrogen) atoms. The summed E-state index contributed by atoms with van der Waals surface area (Å²) in [5.41, 5.74) is 2.73. The molecule has 1 saturated heterocycles. The molecule has 2 heterocycles. The number of carboxylic acid groups (broad SMARTS) is 1. The van der Waals surface area contributed by atoms with Gasteiger partial charge in [-0.05, 0) is 51.1 Å². The Balaban J connectivity index is 2.24. The molecule has 1 aromatic carbocycles. The minimum absolute atomic E-state index is 0.0926. The van der Waals surface area contributed by atoms with Gasteiger partial charge in [0.15, 0.2) is 5.79 Å². The highest BCUT2D eigenvalue weighted by atomic mass is 32.2. The van der Waals surface area contributed by atoms with E-state index in [1.807, 2.05) is 32.9 Å². The van der Waals surface area contributed by atoms with Crippen LogP contribution in [0, 0.1) is 5.82 Å². The molecule has 0 radical (unpaired) electrons. The lowest BCUT2D eigenvalue weighted by molar-refractivity contribution is -0.672. The summed E-state index contributed by atoms with van der Waals surface area (Å²) < 4.78 is 53.6. The fourth-order valence-electron chi connectivity index (χ4n) is 4.59. The normalized spacial score (nSPS) is 19.7. The van der Waals surface area contributed by atoms with Gasteiger partial charge in [-0.2, -0.15) is 12.7 Å². The van der Waals surface area contributed by atoms with Gasteiger partial charge in [0.25, 0.3) is 10.0 Å². The van der Waals surface area contributed by atoms with Crippen LogP contribution in [0.4, 0.5) is 10.3 Å². The number of benzene rings is 1. The number of carboxylic acids is 1. The molecule has 11 heteroatoms. The van der Waals surface area contributed by atoms with E-state index in [0.29, 0.717) is 29.9 Å². The second-order valence-corrected chi connectivity index (χ2v) is 12.2. The molecule has 2 atom stereocenters. The average molecular weight is 550 g/mol. The van der Waals surface area contributed by atoms with Gasteiger partial charge in [-0.3, -0.25) is 0 Å². The monoisotopic (exact) mass is 549 g/mol. The summed E-state index contributed by atoms with van der Waals surface area (Å²) >= 11 is 0. The van der Waals surface area contributed by atoms with Gasteiger partial charge in [0, 0.05) is 30.3 Å². The molecule has 208 valence electrons. The molecule has 0 bridgehead atoms. The van der Waals surface area contributed by atoms with E-state index >= 15 is 0 Å². The van der Waals surface area contributed by atoms with Gasteiger partial charge >= 0.3 is 5.95 Å². The molecule has 1 aliphatic heterocycles. The smallest absolute Gasteiger partial charge is 0.409 e. The van der Waals surface area contributed by atoms with Crippen LogP contribution in [-0.2, 0) is 30.8 Å². The fourth-order valence-corrected chi connectivity index (χ4v) is 5.02. The van der Waals surface area contributed by atoms with Gasteiger partial charge in [-0.25, -0.2) is 8.96 Å². The fraction of sp³-hybridized carbons (Fsp3) is 0.519. The van der Waals surface area contributed by atoms with E-state index in [9.17, 15) is 22.7 Å². The second-order valence-electron chi connectivity index (χ2n) is 10.2. The van der Waals surface area contributed by atoms with Gasteiger partial charge in [0.1, 0.15) is 17.2 Å².